The molecule has 0 atom stereocenters. The molecule has 3 rings (SSSR count). The van der Waals surface area contributed by atoms with E-state index in [1.807, 2.05) is 36.4 Å². The molecule has 3 aromatic carbocycles. The van der Waals surface area contributed by atoms with Crippen molar-refractivity contribution < 1.29 is 28.6 Å². The SMILES string of the molecule is COc1ccc(NC(=O)COC(=O)CCC(=O)Nc2cccc3ccccc23)c(OC)c1. The molecule has 0 aliphatic carbocycles. The van der Waals surface area contributed by atoms with E-state index in [-0.39, 0.29) is 18.7 Å². The van der Waals surface area contributed by atoms with E-state index in [2.05, 4.69) is 10.6 Å². The van der Waals surface area contributed by atoms with Gasteiger partial charge < -0.3 is 24.8 Å². The highest BCUT2D eigenvalue weighted by Gasteiger charge is 2.13. The molecule has 2 N–H and O–H groups in total. The minimum Gasteiger partial charge on any atom is -0.497 e. The van der Waals surface area contributed by atoms with Gasteiger partial charge in [-0.3, -0.25) is 14.4 Å². The van der Waals surface area contributed by atoms with Crippen LogP contribution in [0.15, 0.2) is 60.7 Å². The second kappa shape index (κ2) is 10.8. The lowest BCUT2D eigenvalue weighted by Crippen LogP contribution is -2.22. The zero-order valence-corrected chi connectivity index (χ0v) is 17.8. The number of amides is 2. The summed E-state index contributed by atoms with van der Waals surface area (Å²) in [6, 6.07) is 18.2. The Hall–Kier alpha value is -4.07. The van der Waals surface area contributed by atoms with Crippen LogP contribution in [0.4, 0.5) is 11.4 Å². The number of nitrogens with one attached hydrogen (secondary N) is 2. The highest BCUT2D eigenvalue weighted by molar-refractivity contribution is 6.02. The first-order valence-corrected chi connectivity index (χ1v) is 9.95. The number of hydrogen-bond donors (Lipinski definition) is 2. The number of fused-ring (bicyclic) bond motifs is 1. The lowest BCUT2D eigenvalue weighted by Gasteiger charge is -2.12. The molecule has 0 fully saturated rings. The van der Waals surface area contributed by atoms with Gasteiger partial charge in [0.1, 0.15) is 11.5 Å². The van der Waals surface area contributed by atoms with Gasteiger partial charge in [0.15, 0.2) is 6.61 Å². The van der Waals surface area contributed by atoms with Crippen molar-refractivity contribution in [3.05, 3.63) is 60.7 Å². The molecule has 2 amide bonds. The van der Waals surface area contributed by atoms with Crippen LogP contribution in [0.2, 0.25) is 0 Å². The van der Waals surface area contributed by atoms with E-state index in [1.165, 1.54) is 14.2 Å². The lowest BCUT2D eigenvalue weighted by atomic mass is 10.1. The Labute approximate surface area is 185 Å². The molecule has 8 heteroatoms. The molecule has 0 aromatic heterocycles. The van der Waals surface area contributed by atoms with Gasteiger partial charge in [-0.25, -0.2) is 0 Å². The first-order valence-electron chi connectivity index (χ1n) is 9.95. The fourth-order valence-corrected chi connectivity index (χ4v) is 3.07. The van der Waals surface area contributed by atoms with E-state index in [1.54, 1.807) is 24.3 Å². The van der Waals surface area contributed by atoms with Crippen LogP contribution in [-0.4, -0.2) is 38.6 Å². The van der Waals surface area contributed by atoms with E-state index >= 15 is 0 Å². The van der Waals surface area contributed by atoms with Crippen LogP contribution in [-0.2, 0) is 19.1 Å². The Balaban J connectivity index is 1.45. The molecule has 0 aliphatic heterocycles. The second-order valence-corrected chi connectivity index (χ2v) is 6.85. The average Bonchev–Trinajstić information content (AvgIpc) is 2.82. The summed E-state index contributed by atoms with van der Waals surface area (Å²) in [6.45, 7) is -0.473. The smallest absolute Gasteiger partial charge is 0.306 e. The maximum absolute atomic E-state index is 12.2. The summed E-state index contributed by atoms with van der Waals surface area (Å²) in [5, 5.41) is 7.33. The Kier molecular flexibility index (Phi) is 7.64. The fraction of sp³-hybridized carbons (Fsp3) is 0.208. The quantitative estimate of drug-likeness (QED) is 0.495. The lowest BCUT2D eigenvalue weighted by molar-refractivity contribution is -0.147. The summed E-state index contributed by atoms with van der Waals surface area (Å²) in [4.78, 5) is 36.3. The Morgan fingerprint density at radius 2 is 1.53 bits per heavy atom. The van der Waals surface area contributed by atoms with Gasteiger partial charge in [0.25, 0.3) is 5.91 Å². The molecule has 0 radical (unpaired) electrons. The predicted octanol–water partition coefficient (Wildman–Crippen LogP) is 3.76. The molecular weight excluding hydrogens is 412 g/mol. The monoisotopic (exact) mass is 436 g/mol. The number of rotatable bonds is 9. The van der Waals surface area contributed by atoms with Crippen molar-refractivity contribution in [3.8, 4) is 11.5 Å². The average molecular weight is 436 g/mol. The number of ether oxygens (including phenoxy) is 3. The third-order valence-corrected chi connectivity index (χ3v) is 4.67. The molecule has 0 unspecified atom stereocenters. The van der Waals surface area contributed by atoms with Crippen LogP contribution in [0.1, 0.15) is 12.8 Å². The van der Waals surface area contributed by atoms with Crippen molar-refractivity contribution in [2.45, 2.75) is 12.8 Å². The highest BCUT2D eigenvalue weighted by Crippen LogP contribution is 2.29. The van der Waals surface area contributed by atoms with Crippen molar-refractivity contribution in [2.75, 3.05) is 31.5 Å². The van der Waals surface area contributed by atoms with Gasteiger partial charge in [-0.05, 0) is 23.6 Å². The maximum atomic E-state index is 12.2. The van der Waals surface area contributed by atoms with Gasteiger partial charge in [0.2, 0.25) is 5.91 Å². The first kappa shape index (κ1) is 22.6. The van der Waals surface area contributed by atoms with Crippen LogP contribution < -0.4 is 20.1 Å². The molecule has 0 bridgehead atoms. The number of carbonyl (C=O) groups is 3. The fourth-order valence-electron chi connectivity index (χ4n) is 3.07. The zero-order valence-electron chi connectivity index (χ0n) is 17.8. The number of hydrogen-bond acceptors (Lipinski definition) is 6. The molecule has 166 valence electrons. The summed E-state index contributed by atoms with van der Waals surface area (Å²) in [6.07, 6.45) is -0.203. The van der Waals surface area contributed by atoms with E-state index < -0.39 is 18.5 Å². The molecule has 0 saturated heterocycles. The van der Waals surface area contributed by atoms with Crippen molar-refractivity contribution >= 4 is 39.9 Å². The largest absolute Gasteiger partial charge is 0.497 e. The molecular formula is C24H24N2O6. The first-order chi connectivity index (χ1) is 15.5. The normalized spacial score (nSPS) is 10.3. The predicted molar refractivity (Wildman–Crippen MR) is 121 cm³/mol. The molecule has 3 aromatic rings. The Bertz CT molecular complexity index is 1120. The molecule has 0 spiro atoms. The van der Waals surface area contributed by atoms with Crippen molar-refractivity contribution in [3.63, 3.8) is 0 Å². The highest BCUT2D eigenvalue weighted by atomic mass is 16.5. The van der Waals surface area contributed by atoms with Crippen LogP contribution in [0.3, 0.4) is 0 Å². The number of benzene rings is 3. The second-order valence-electron chi connectivity index (χ2n) is 6.85. The van der Waals surface area contributed by atoms with Gasteiger partial charge in [-0.15, -0.1) is 0 Å². The number of anilines is 2. The number of esters is 1. The molecule has 32 heavy (non-hydrogen) atoms. The van der Waals surface area contributed by atoms with Gasteiger partial charge >= 0.3 is 5.97 Å². The third-order valence-electron chi connectivity index (χ3n) is 4.67. The summed E-state index contributed by atoms with van der Waals surface area (Å²) in [5.41, 5.74) is 1.10. The standard InChI is InChI=1S/C24H24N2O6/c1-30-17-10-11-20(21(14-17)31-2)26-23(28)15-32-24(29)13-12-22(27)25-19-9-5-7-16-6-3-4-8-18(16)19/h3-11,14H,12-13,15H2,1-2H3,(H,25,27)(H,26,28). The zero-order chi connectivity index (χ0) is 22.9. The van der Waals surface area contributed by atoms with Gasteiger partial charge in [0, 0.05) is 23.6 Å². The van der Waals surface area contributed by atoms with E-state index in [9.17, 15) is 14.4 Å². The molecule has 8 nitrogen and oxygen atoms in total. The van der Waals surface area contributed by atoms with E-state index in [0.29, 0.717) is 22.9 Å². The summed E-state index contributed by atoms with van der Waals surface area (Å²) >= 11 is 0. The van der Waals surface area contributed by atoms with Gasteiger partial charge in [-0.1, -0.05) is 36.4 Å². The van der Waals surface area contributed by atoms with Crippen LogP contribution in [0.5, 0.6) is 11.5 Å². The summed E-state index contributed by atoms with van der Waals surface area (Å²) in [7, 11) is 2.99. The van der Waals surface area contributed by atoms with Crippen molar-refractivity contribution in [1.82, 2.24) is 0 Å². The minimum absolute atomic E-state index is 0.0595. The van der Waals surface area contributed by atoms with Crippen molar-refractivity contribution in [2.24, 2.45) is 0 Å². The van der Waals surface area contributed by atoms with E-state index in [0.717, 1.165) is 10.8 Å². The summed E-state index contributed by atoms with van der Waals surface area (Å²) in [5.74, 6) is -0.496. The number of methoxy groups -OCH3 is 2. The van der Waals surface area contributed by atoms with Gasteiger partial charge in [0.05, 0.1) is 26.3 Å². The van der Waals surface area contributed by atoms with Crippen molar-refractivity contribution in [1.29, 1.82) is 0 Å². The molecule has 0 saturated carbocycles. The van der Waals surface area contributed by atoms with Crippen LogP contribution in [0, 0.1) is 0 Å². The third kappa shape index (κ3) is 5.98. The molecule has 0 aliphatic rings. The van der Waals surface area contributed by atoms with Crippen LogP contribution >= 0.6 is 0 Å². The van der Waals surface area contributed by atoms with E-state index in [4.69, 9.17) is 14.2 Å². The van der Waals surface area contributed by atoms with Crippen LogP contribution in [0.25, 0.3) is 10.8 Å². The topological polar surface area (TPSA) is 103 Å². The Morgan fingerprint density at radius 3 is 2.31 bits per heavy atom. The number of carbonyl (C=O) groups excluding carboxylic acids is 3. The summed E-state index contributed by atoms with van der Waals surface area (Å²) < 4.78 is 15.3. The Morgan fingerprint density at radius 1 is 0.781 bits per heavy atom. The maximum Gasteiger partial charge on any atom is 0.306 e. The minimum atomic E-state index is -0.644. The molecule has 0 heterocycles. The van der Waals surface area contributed by atoms with Gasteiger partial charge in [-0.2, -0.15) is 0 Å².